The number of rotatable bonds is 7. The Kier molecular flexibility index (Phi) is 6.80. The minimum Gasteiger partial charge on any atom is -0.489 e. The molecule has 0 bridgehead atoms. The number of ether oxygens (including phenoxy) is 3. The molecule has 0 saturated carbocycles. The van der Waals surface area contributed by atoms with E-state index >= 15 is 0 Å². The molecule has 3 aromatic carbocycles. The molecule has 3 aromatic rings. The Morgan fingerprint density at radius 2 is 1.57 bits per heavy atom. The fourth-order valence-electron chi connectivity index (χ4n) is 2.52. The Bertz CT molecular complexity index is 958. The van der Waals surface area contributed by atoms with Crippen molar-refractivity contribution in [1.29, 1.82) is 0 Å². The minimum absolute atomic E-state index is 0.298. The quantitative estimate of drug-likeness (QED) is 0.447. The van der Waals surface area contributed by atoms with E-state index in [-0.39, 0.29) is 0 Å². The largest absolute Gasteiger partial charge is 0.489 e. The average Bonchev–Trinajstić information content (AvgIpc) is 2.73. The first-order valence-corrected chi connectivity index (χ1v) is 9.28. The Morgan fingerprint density at radius 3 is 2.29 bits per heavy atom. The second-order valence-corrected chi connectivity index (χ2v) is 6.78. The summed E-state index contributed by atoms with van der Waals surface area (Å²) in [5, 5.41) is 0.958. The highest BCUT2D eigenvalue weighted by atomic mass is 35.5. The third-order valence-corrected chi connectivity index (χ3v) is 4.72. The maximum atomic E-state index is 12.0. The van der Waals surface area contributed by atoms with E-state index in [9.17, 15) is 4.79 Å². The normalized spacial score (nSPS) is 10.4. The van der Waals surface area contributed by atoms with Crippen LogP contribution in [0.4, 0.5) is 0 Å². The molecule has 0 heterocycles. The molecule has 0 atom stereocenters. The summed E-state index contributed by atoms with van der Waals surface area (Å²) < 4.78 is 16.5. The Hall–Kier alpha value is -2.69. The van der Waals surface area contributed by atoms with E-state index < -0.39 is 5.97 Å². The Balaban J connectivity index is 1.76. The van der Waals surface area contributed by atoms with Crippen LogP contribution in [0.2, 0.25) is 10.0 Å². The van der Waals surface area contributed by atoms with Crippen molar-refractivity contribution in [3.63, 3.8) is 0 Å². The summed E-state index contributed by atoms with van der Waals surface area (Å²) >= 11 is 12.0. The van der Waals surface area contributed by atoms with Gasteiger partial charge in [0.25, 0.3) is 0 Å². The number of carbonyl (C=O) groups is 1. The summed E-state index contributed by atoms with van der Waals surface area (Å²) in [6, 6.07) is 20.0. The van der Waals surface area contributed by atoms with Gasteiger partial charge in [-0.3, -0.25) is 0 Å². The fraction of sp³-hybridized carbons (Fsp3) is 0.136. The molecule has 0 aliphatic rings. The van der Waals surface area contributed by atoms with Gasteiger partial charge in [-0.1, -0.05) is 59.6 Å². The molecule has 0 unspecified atom stereocenters. The van der Waals surface area contributed by atoms with Crippen LogP contribution in [0.15, 0.2) is 66.7 Å². The average molecular weight is 417 g/mol. The number of benzene rings is 3. The number of carbonyl (C=O) groups excluding carboxylic acids is 1. The molecule has 0 amide bonds. The van der Waals surface area contributed by atoms with Gasteiger partial charge in [-0.05, 0) is 35.4 Å². The molecule has 0 N–H and O–H groups in total. The molecule has 4 nitrogen and oxygen atoms in total. The van der Waals surface area contributed by atoms with Crippen molar-refractivity contribution in [2.45, 2.75) is 13.2 Å². The van der Waals surface area contributed by atoms with Crippen molar-refractivity contribution in [2.24, 2.45) is 0 Å². The van der Waals surface area contributed by atoms with Gasteiger partial charge in [-0.2, -0.15) is 0 Å². The predicted octanol–water partition coefficient (Wildman–Crippen LogP) is 5.94. The van der Waals surface area contributed by atoms with E-state index in [1.54, 1.807) is 30.3 Å². The number of methoxy groups -OCH3 is 1. The highest BCUT2D eigenvalue weighted by Gasteiger charge is 2.15. The lowest BCUT2D eigenvalue weighted by molar-refractivity contribution is 0.0595. The second-order valence-electron chi connectivity index (χ2n) is 5.96. The number of halogens is 2. The van der Waals surface area contributed by atoms with E-state index in [1.807, 2.05) is 36.4 Å². The Morgan fingerprint density at radius 1 is 0.821 bits per heavy atom. The topological polar surface area (TPSA) is 44.8 Å². The van der Waals surface area contributed by atoms with Gasteiger partial charge in [-0.25, -0.2) is 4.79 Å². The predicted molar refractivity (Wildman–Crippen MR) is 109 cm³/mol. The first-order chi connectivity index (χ1) is 13.6. The van der Waals surface area contributed by atoms with E-state index in [0.29, 0.717) is 40.3 Å². The van der Waals surface area contributed by atoms with E-state index in [1.165, 1.54) is 7.11 Å². The van der Waals surface area contributed by atoms with Crippen molar-refractivity contribution in [1.82, 2.24) is 0 Å². The van der Waals surface area contributed by atoms with Gasteiger partial charge in [0.2, 0.25) is 0 Å². The third-order valence-electron chi connectivity index (χ3n) is 3.99. The highest BCUT2D eigenvalue weighted by molar-refractivity contribution is 6.42. The molecule has 6 heteroatoms. The number of hydrogen-bond acceptors (Lipinski definition) is 4. The summed E-state index contributed by atoms with van der Waals surface area (Å²) in [4.78, 5) is 12.0. The van der Waals surface area contributed by atoms with E-state index in [2.05, 4.69) is 0 Å². The molecule has 144 valence electrons. The minimum atomic E-state index is -0.473. The van der Waals surface area contributed by atoms with Crippen LogP contribution >= 0.6 is 23.2 Å². The maximum Gasteiger partial charge on any atom is 0.341 e. The van der Waals surface area contributed by atoms with E-state index in [4.69, 9.17) is 37.4 Å². The first kappa shape index (κ1) is 20.1. The molecule has 0 radical (unpaired) electrons. The highest BCUT2D eigenvalue weighted by Crippen LogP contribution is 2.28. The van der Waals surface area contributed by atoms with Gasteiger partial charge < -0.3 is 14.2 Å². The van der Waals surface area contributed by atoms with Crippen LogP contribution in [0, 0.1) is 0 Å². The van der Waals surface area contributed by atoms with Crippen molar-refractivity contribution >= 4 is 29.2 Å². The van der Waals surface area contributed by atoms with Crippen LogP contribution in [0.5, 0.6) is 11.5 Å². The van der Waals surface area contributed by atoms with Gasteiger partial charge in [0, 0.05) is 6.07 Å². The standard InChI is InChI=1S/C22H18Cl2O4/c1-26-22(25)18-9-8-17(27-14-16-7-10-19(23)20(24)11-16)12-21(18)28-13-15-5-3-2-4-6-15/h2-12H,13-14H2,1H3. The molecule has 0 saturated heterocycles. The second kappa shape index (κ2) is 9.49. The molecule has 0 aliphatic heterocycles. The molecule has 0 fully saturated rings. The molecule has 0 aliphatic carbocycles. The van der Waals surface area contributed by atoms with Gasteiger partial charge in [0.1, 0.15) is 30.3 Å². The summed E-state index contributed by atoms with van der Waals surface area (Å²) in [6.45, 7) is 0.619. The van der Waals surface area contributed by atoms with Crippen molar-refractivity contribution < 1.29 is 19.0 Å². The fourth-order valence-corrected chi connectivity index (χ4v) is 2.84. The zero-order chi connectivity index (χ0) is 19.9. The third kappa shape index (κ3) is 5.18. The molecular formula is C22H18Cl2O4. The summed E-state index contributed by atoms with van der Waals surface area (Å²) in [5.41, 5.74) is 2.19. The van der Waals surface area contributed by atoms with E-state index in [0.717, 1.165) is 11.1 Å². The van der Waals surface area contributed by atoms with Crippen LogP contribution in [0.3, 0.4) is 0 Å². The van der Waals surface area contributed by atoms with Crippen molar-refractivity contribution in [2.75, 3.05) is 7.11 Å². The first-order valence-electron chi connectivity index (χ1n) is 8.52. The van der Waals surface area contributed by atoms with Crippen LogP contribution in [0.25, 0.3) is 0 Å². The maximum absolute atomic E-state index is 12.0. The molecular weight excluding hydrogens is 399 g/mol. The molecule has 0 spiro atoms. The summed E-state index contributed by atoms with van der Waals surface area (Å²) in [6.07, 6.45) is 0. The lowest BCUT2D eigenvalue weighted by Gasteiger charge is -2.13. The monoisotopic (exact) mass is 416 g/mol. The number of esters is 1. The van der Waals surface area contributed by atoms with Crippen LogP contribution in [-0.4, -0.2) is 13.1 Å². The van der Waals surface area contributed by atoms with Crippen LogP contribution < -0.4 is 9.47 Å². The summed E-state index contributed by atoms with van der Waals surface area (Å²) in [7, 11) is 1.33. The van der Waals surface area contributed by atoms with Crippen LogP contribution in [-0.2, 0) is 18.0 Å². The van der Waals surface area contributed by atoms with Crippen molar-refractivity contribution in [3.8, 4) is 11.5 Å². The number of hydrogen-bond donors (Lipinski definition) is 0. The smallest absolute Gasteiger partial charge is 0.341 e. The van der Waals surface area contributed by atoms with Crippen molar-refractivity contribution in [3.05, 3.63) is 93.5 Å². The lowest BCUT2D eigenvalue weighted by atomic mass is 10.2. The lowest BCUT2D eigenvalue weighted by Crippen LogP contribution is -2.06. The zero-order valence-corrected chi connectivity index (χ0v) is 16.7. The van der Waals surface area contributed by atoms with Gasteiger partial charge >= 0.3 is 5.97 Å². The Labute approximate surface area is 173 Å². The van der Waals surface area contributed by atoms with Gasteiger partial charge in [0.15, 0.2) is 0 Å². The van der Waals surface area contributed by atoms with Gasteiger partial charge in [0.05, 0.1) is 17.2 Å². The summed E-state index contributed by atoms with van der Waals surface area (Å²) in [5.74, 6) is 0.475. The molecule has 3 rings (SSSR count). The van der Waals surface area contributed by atoms with Crippen LogP contribution in [0.1, 0.15) is 21.5 Å². The molecule has 0 aromatic heterocycles. The SMILES string of the molecule is COC(=O)c1ccc(OCc2ccc(Cl)c(Cl)c2)cc1OCc1ccccc1. The zero-order valence-electron chi connectivity index (χ0n) is 15.2. The van der Waals surface area contributed by atoms with Gasteiger partial charge in [-0.15, -0.1) is 0 Å². The molecule has 28 heavy (non-hydrogen) atoms.